The maximum atomic E-state index is 12.7. The summed E-state index contributed by atoms with van der Waals surface area (Å²) >= 11 is 5.86. The van der Waals surface area contributed by atoms with Crippen molar-refractivity contribution in [2.24, 2.45) is 0 Å². The van der Waals surface area contributed by atoms with Gasteiger partial charge in [-0.1, -0.05) is 11.6 Å². The minimum Gasteiger partial charge on any atom is -0.497 e. The third-order valence-corrected chi connectivity index (χ3v) is 4.24. The number of carbonyl (C=O) groups is 1. The van der Waals surface area contributed by atoms with Gasteiger partial charge in [0.15, 0.2) is 0 Å². The number of anilines is 2. The van der Waals surface area contributed by atoms with E-state index in [1.165, 1.54) is 25.4 Å². The van der Waals surface area contributed by atoms with Crippen LogP contribution in [0.1, 0.15) is 15.9 Å². The number of halogens is 4. The van der Waals surface area contributed by atoms with Gasteiger partial charge in [0.1, 0.15) is 11.5 Å². The van der Waals surface area contributed by atoms with Gasteiger partial charge in [-0.3, -0.25) is 0 Å². The molecule has 10 heteroatoms. The predicted molar refractivity (Wildman–Crippen MR) is 104 cm³/mol. The van der Waals surface area contributed by atoms with Gasteiger partial charge >= 0.3 is 12.1 Å². The first-order valence-electron chi connectivity index (χ1n) is 8.36. The highest BCUT2D eigenvalue weighted by atomic mass is 35.5. The van der Waals surface area contributed by atoms with Gasteiger partial charge in [0.2, 0.25) is 5.88 Å². The van der Waals surface area contributed by atoms with Crippen molar-refractivity contribution in [3.05, 3.63) is 70.9 Å². The van der Waals surface area contributed by atoms with Crippen molar-refractivity contribution in [2.45, 2.75) is 6.18 Å². The number of hydrogen-bond donors (Lipinski definition) is 2. The van der Waals surface area contributed by atoms with Crippen molar-refractivity contribution in [3.63, 3.8) is 0 Å². The Kier molecular flexibility index (Phi) is 6.02. The summed E-state index contributed by atoms with van der Waals surface area (Å²) < 4.78 is 48.6. The molecule has 6 nitrogen and oxygen atoms in total. The van der Waals surface area contributed by atoms with E-state index in [0.717, 1.165) is 18.2 Å². The molecular weight excluding hydrogens is 425 g/mol. The quantitative estimate of drug-likeness (QED) is 0.491. The highest BCUT2D eigenvalue weighted by molar-refractivity contribution is 6.32. The molecule has 30 heavy (non-hydrogen) atoms. The van der Waals surface area contributed by atoms with Gasteiger partial charge in [-0.25, -0.2) is 9.78 Å². The molecule has 0 fully saturated rings. The van der Waals surface area contributed by atoms with Crippen molar-refractivity contribution in [3.8, 4) is 17.4 Å². The van der Waals surface area contributed by atoms with Crippen molar-refractivity contribution in [2.75, 3.05) is 12.4 Å². The van der Waals surface area contributed by atoms with Crippen LogP contribution in [0, 0.1) is 0 Å². The number of pyridine rings is 1. The summed E-state index contributed by atoms with van der Waals surface area (Å²) in [6.07, 6.45) is -3.13. The minimum absolute atomic E-state index is 0.00575. The average molecular weight is 439 g/mol. The van der Waals surface area contributed by atoms with Crippen LogP contribution >= 0.6 is 11.6 Å². The van der Waals surface area contributed by atoms with E-state index in [0.29, 0.717) is 17.1 Å². The van der Waals surface area contributed by atoms with Crippen LogP contribution in [-0.4, -0.2) is 23.2 Å². The molecule has 3 aromatic rings. The smallest absolute Gasteiger partial charge is 0.416 e. The SMILES string of the molecule is COc1ccc(Nc2ccc(Oc3ccc(C(F)(F)F)cc3Cl)nc2)c(C(=O)O)c1. The molecule has 156 valence electrons. The molecule has 0 atom stereocenters. The van der Waals surface area contributed by atoms with Gasteiger partial charge in [-0.15, -0.1) is 0 Å². The van der Waals surface area contributed by atoms with Gasteiger partial charge in [-0.2, -0.15) is 13.2 Å². The number of alkyl halides is 3. The first-order chi connectivity index (χ1) is 14.2. The van der Waals surface area contributed by atoms with Gasteiger partial charge in [0.05, 0.1) is 40.8 Å². The molecule has 0 radical (unpaired) electrons. The topological polar surface area (TPSA) is 80.7 Å². The molecule has 0 spiro atoms. The number of carboxylic acid groups (broad SMARTS) is 1. The van der Waals surface area contributed by atoms with Crippen LogP contribution in [0.2, 0.25) is 5.02 Å². The molecule has 2 N–H and O–H groups in total. The number of nitrogens with one attached hydrogen (secondary N) is 1. The number of benzene rings is 2. The second kappa shape index (κ2) is 8.50. The summed E-state index contributed by atoms with van der Waals surface area (Å²) in [4.78, 5) is 15.5. The summed E-state index contributed by atoms with van der Waals surface area (Å²) in [6, 6.07) is 10.3. The highest BCUT2D eigenvalue weighted by Gasteiger charge is 2.31. The first kappa shape index (κ1) is 21.3. The van der Waals surface area contributed by atoms with Crippen molar-refractivity contribution >= 4 is 28.9 Å². The number of aromatic nitrogens is 1. The van der Waals surface area contributed by atoms with Crippen LogP contribution < -0.4 is 14.8 Å². The Morgan fingerprint density at radius 1 is 1.13 bits per heavy atom. The van der Waals surface area contributed by atoms with E-state index in [-0.39, 0.29) is 22.2 Å². The van der Waals surface area contributed by atoms with E-state index in [9.17, 15) is 23.1 Å². The van der Waals surface area contributed by atoms with Crippen molar-refractivity contribution < 1.29 is 32.5 Å². The van der Waals surface area contributed by atoms with Gasteiger partial charge in [0.25, 0.3) is 0 Å². The second-order valence-electron chi connectivity index (χ2n) is 5.97. The van der Waals surface area contributed by atoms with Crippen LogP contribution in [0.4, 0.5) is 24.5 Å². The molecule has 0 aliphatic rings. The number of hydrogen-bond acceptors (Lipinski definition) is 5. The lowest BCUT2D eigenvalue weighted by molar-refractivity contribution is -0.137. The van der Waals surface area contributed by atoms with Crippen LogP contribution in [0.25, 0.3) is 0 Å². The molecule has 1 aromatic heterocycles. The Balaban J connectivity index is 1.76. The maximum Gasteiger partial charge on any atom is 0.416 e. The average Bonchev–Trinajstić information content (AvgIpc) is 2.70. The fourth-order valence-electron chi connectivity index (χ4n) is 2.48. The fraction of sp³-hybridized carbons (Fsp3) is 0.100. The molecule has 0 bridgehead atoms. The lowest BCUT2D eigenvalue weighted by Gasteiger charge is -2.12. The normalized spacial score (nSPS) is 11.1. The largest absolute Gasteiger partial charge is 0.497 e. The molecule has 0 amide bonds. The summed E-state index contributed by atoms with van der Waals surface area (Å²) in [5, 5.41) is 12.1. The van der Waals surface area contributed by atoms with E-state index < -0.39 is 17.7 Å². The lowest BCUT2D eigenvalue weighted by Crippen LogP contribution is -2.04. The summed E-state index contributed by atoms with van der Waals surface area (Å²) in [5.74, 6) is -0.633. The number of carboxylic acids is 1. The van der Waals surface area contributed by atoms with Crippen LogP contribution in [0.3, 0.4) is 0 Å². The van der Waals surface area contributed by atoms with Crippen molar-refractivity contribution in [1.29, 1.82) is 0 Å². The Morgan fingerprint density at radius 3 is 2.47 bits per heavy atom. The van der Waals surface area contributed by atoms with Crippen LogP contribution in [0.15, 0.2) is 54.7 Å². The number of methoxy groups -OCH3 is 1. The molecule has 1 heterocycles. The maximum absolute atomic E-state index is 12.7. The fourth-order valence-corrected chi connectivity index (χ4v) is 2.70. The zero-order valence-electron chi connectivity index (χ0n) is 15.3. The van der Waals surface area contributed by atoms with Gasteiger partial charge in [0, 0.05) is 6.07 Å². The Hall–Kier alpha value is -3.46. The molecular formula is C20H14ClF3N2O4. The highest BCUT2D eigenvalue weighted by Crippen LogP contribution is 2.36. The molecule has 0 saturated heterocycles. The van der Waals surface area contributed by atoms with E-state index >= 15 is 0 Å². The van der Waals surface area contributed by atoms with E-state index in [1.807, 2.05) is 0 Å². The third kappa shape index (κ3) is 4.93. The molecule has 0 unspecified atom stereocenters. The molecule has 2 aromatic carbocycles. The molecule has 0 aliphatic carbocycles. The van der Waals surface area contributed by atoms with E-state index in [2.05, 4.69) is 10.3 Å². The van der Waals surface area contributed by atoms with E-state index in [1.54, 1.807) is 18.2 Å². The Bertz CT molecular complexity index is 1070. The predicted octanol–water partition coefficient (Wildman–Crippen LogP) is 6.00. The summed E-state index contributed by atoms with van der Waals surface area (Å²) in [5.41, 5.74) is -0.0922. The van der Waals surface area contributed by atoms with Crippen LogP contribution in [-0.2, 0) is 6.18 Å². The Labute approximate surface area is 173 Å². The van der Waals surface area contributed by atoms with Crippen LogP contribution in [0.5, 0.6) is 17.4 Å². The zero-order chi connectivity index (χ0) is 21.9. The lowest BCUT2D eigenvalue weighted by atomic mass is 10.1. The van der Waals surface area contributed by atoms with Gasteiger partial charge < -0.3 is 19.9 Å². The third-order valence-electron chi connectivity index (χ3n) is 3.95. The summed E-state index contributed by atoms with van der Waals surface area (Å²) in [7, 11) is 1.43. The van der Waals surface area contributed by atoms with Crippen molar-refractivity contribution in [1.82, 2.24) is 4.98 Å². The zero-order valence-corrected chi connectivity index (χ0v) is 16.1. The first-order valence-corrected chi connectivity index (χ1v) is 8.74. The number of ether oxygens (including phenoxy) is 2. The minimum atomic E-state index is -4.51. The van der Waals surface area contributed by atoms with Gasteiger partial charge in [-0.05, 0) is 42.5 Å². The number of nitrogens with zero attached hydrogens (tertiary/aromatic N) is 1. The van der Waals surface area contributed by atoms with E-state index in [4.69, 9.17) is 21.1 Å². The number of rotatable bonds is 6. The molecule has 0 aliphatic heterocycles. The molecule has 0 saturated carbocycles. The number of aromatic carboxylic acids is 1. The second-order valence-corrected chi connectivity index (χ2v) is 6.38. The Morgan fingerprint density at radius 2 is 1.90 bits per heavy atom. The molecule has 3 rings (SSSR count). The monoisotopic (exact) mass is 438 g/mol. The summed E-state index contributed by atoms with van der Waals surface area (Å²) in [6.45, 7) is 0. The standard InChI is InChI=1S/C20H14ClF3N2O4/c1-29-13-4-5-16(14(9-13)19(27)28)26-12-3-7-18(25-10-12)30-17-6-2-11(8-15(17)21)20(22,23)24/h2-10,26H,1H3,(H,27,28).